The van der Waals surface area contributed by atoms with Gasteiger partial charge in [0, 0.05) is 18.0 Å². The Bertz CT molecular complexity index is 764. The van der Waals surface area contributed by atoms with Crippen LogP contribution in [-0.2, 0) is 24.3 Å². The van der Waals surface area contributed by atoms with Crippen molar-refractivity contribution in [1.82, 2.24) is 9.62 Å². The van der Waals surface area contributed by atoms with E-state index in [1.807, 2.05) is 0 Å². The molecule has 1 fully saturated rings. The van der Waals surface area contributed by atoms with Crippen LogP contribution in [-0.4, -0.2) is 71.0 Å². The summed E-state index contributed by atoms with van der Waals surface area (Å²) in [6.45, 7) is 2.49. The minimum Gasteiger partial charge on any atom is -0.469 e. The molecule has 0 aromatic heterocycles. The quantitative estimate of drug-likeness (QED) is 0.430. The second kappa shape index (κ2) is 10.0. The molecule has 1 saturated heterocycles. The van der Waals surface area contributed by atoms with Crippen molar-refractivity contribution >= 4 is 33.5 Å². The lowest BCUT2D eigenvalue weighted by Crippen LogP contribution is -3.15. The number of ether oxygens (including phenoxy) is 1. The molecule has 150 valence electrons. The Kier molecular flexibility index (Phi) is 8.03. The van der Waals surface area contributed by atoms with Gasteiger partial charge in [0.2, 0.25) is 10.0 Å². The number of nitrogens with one attached hydrogen (secondary N) is 2. The van der Waals surface area contributed by atoms with Crippen molar-refractivity contribution in [3.8, 4) is 0 Å². The molecule has 0 atom stereocenters. The zero-order valence-corrected chi connectivity index (χ0v) is 16.8. The predicted molar refractivity (Wildman–Crippen MR) is 100 cm³/mol. The van der Waals surface area contributed by atoms with Crippen molar-refractivity contribution < 1.29 is 27.6 Å². The van der Waals surface area contributed by atoms with E-state index in [9.17, 15) is 18.0 Å². The number of carbonyl (C=O) groups excluding carboxylic acids is 2. The SMILES string of the molecule is COC(=O)CCCNC(=O)C[NH+]1CCN(S(=O)(=O)c2cccc(Cl)c2)CC1. The summed E-state index contributed by atoms with van der Waals surface area (Å²) < 4.78 is 31.3. The van der Waals surface area contributed by atoms with Gasteiger partial charge in [-0.2, -0.15) is 4.31 Å². The Morgan fingerprint density at radius 1 is 1.30 bits per heavy atom. The number of sulfonamides is 1. The third-order valence-electron chi connectivity index (χ3n) is 4.38. The number of carbonyl (C=O) groups is 2. The van der Waals surface area contributed by atoms with Gasteiger partial charge in [-0.05, 0) is 24.6 Å². The minimum atomic E-state index is -3.57. The molecule has 1 heterocycles. The van der Waals surface area contributed by atoms with Crippen LogP contribution in [0.1, 0.15) is 12.8 Å². The Morgan fingerprint density at radius 3 is 2.63 bits per heavy atom. The molecule has 0 bridgehead atoms. The van der Waals surface area contributed by atoms with Gasteiger partial charge in [-0.3, -0.25) is 9.59 Å². The lowest BCUT2D eigenvalue weighted by Gasteiger charge is -2.31. The van der Waals surface area contributed by atoms with Crippen molar-refractivity contribution in [2.75, 3.05) is 46.4 Å². The maximum atomic E-state index is 12.7. The summed E-state index contributed by atoms with van der Waals surface area (Å²) in [6.07, 6.45) is 0.795. The number of benzene rings is 1. The first kappa shape index (κ1) is 21.6. The van der Waals surface area contributed by atoms with Gasteiger partial charge in [-0.25, -0.2) is 8.42 Å². The van der Waals surface area contributed by atoms with Crippen LogP contribution in [0.5, 0.6) is 0 Å². The number of halogens is 1. The molecule has 1 amide bonds. The Labute approximate surface area is 164 Å². The van der Waals surface area contributed by atoms with E-state index in [0.29, 0.717) is 44.2 Å². The predicted octanol–water partition coefficient (Wildman–Crippen LogP) is -0.701. The number of amides is 1. The van der Waals surface area contributed by atoms with E-state index >= 15 is 0 Å². The highest BCUT2D eigenvalue weighted by molar-refractivity contribution is 7.89. The van der Waals surface area contributed by atoms with Crippen molar-refractivity contribution in [3.05, 3.63) is 29.3 Å². The number of rotatable bonds is 8. The van der Waals surface area contributed by atoms with Crippen molar-refractivity contribution in [2.24, 2.45) is 0 Å². The van der Waals surface area contributed by atoms with Crippen LogP contribution in [0.4, 0.5) is 0 Å². The topological polar surface area (TPSA) is 97.2 Å². The van der Waals surface area contributed by atoms with Gasteiger partial charge in [0.15, 0.2) is 6.54 Å². The van der Waals surface area contributed by atoms with Crippen molar-refractivity contribution in [1.29, 1.82) is 0 Å². The number of hydrogen-bond donors (Lipinski definition) is 2. The van der Waals surface area contributed by atoms with E-state index in [0.717, 1.165) is 4.90 Å². The van der Waals surface area contributed by atoms with Gasteiger partial charge in [-0.1, -0.05) is 17.7 Å². The van der Waals surface area contributed by atoms with E-state index in [1.54, 1.807) is 12.1 Å². The summed E-state index contributed by atoms with van der Waals surface area (Å²) in [7, 11) is -2.24. The number of piperazine rings is 1. The highest BCUT2D eigenvalue weighted by atomic mass is 35.5. The summed E-state index contributed by atoms with van der Waals surface area (Å²) in [5.41, 5.74) is 0. The third kappa shape index (κ3) is 6.46. The minimum absolute atomic E-state index is 0.110. The summed E-state index contributed by atoms with van der Waals surface area (Å²) in [6, 6.07) is 6.22. The second-order valence-corrected chi connectivity index (χ2v) is 8.69. The van der Waals surface area contributed by atoms with E-state index in [-0.39, 0.29) is 29.7 Å². The van der Waals surface area contributed by atoms with E-state index in [4.69, 9.17) is 11.6 Å². The molecule has 0 radical (unpaired) electrons. The Morgan fingerprint density at radius 2 is 2.00 bits per heavy atom. The fraction of sp³-hybridized carbons (Fsp3) is 0.529. The lowest BCUT2D eigenvalue weighted by atomic mass is 10.3. The summed E-state index contributed by atoms with van der Waals surface area (Å²) in [4.78, 5) is 24.2. The standard InChI is InChI=1S/C17H24ClN3O5S/c1-26-17(23)6-3-7-19-16(22)13-20-8-10-21(11-9-20)27(24,25)15-5-2-4-14(18)12-15/h2,4-5,12H,3,6-11,13H2,1H3,(H,19,22)/p+1. The highest BCUT2D eigenvalue weighted by Crippen LogP contribution is 2.19. The van der Waals surface area contributed by atoms with Crippen LogP contribution < -0.4 is 10.2 Å². The molecule has 0 saturated carbocycles. The van der Waals surface area contributed by atoms with Gasteiger partial charge in [0.1, 0.15) is 0 Å². The van der Waals surface area contributed by atoms with Crippen LogP contribution in [0.25, 0.3) is 0 Å². The van der Waals surface area contributed by atoms with Gasteiger partial charge < -0.3 is 15.0 Å². The van der Waals surface area contributed by atoms with Crippen molar-refractivity contribution in [2.45, 2.75) is 17.7 Å². The largest absolute Gasteiger partial charge is 0.469 e. The number of quaternary nitrogens is 1. The molecule has 10 heteroatoms. The highest BCUT2D eigenvalue weighted by Gasteiger charge is 2.31. The molecule has 2 rings (SSSR count). The van der Waals surface area contributed by atoms with Gasteiger partial charge >= 0.3 is 5.97 Å². The first-order valence-corrected chi connectivity index (χ1v) is 10.6. The molecule has 27 heavy (non-hydrogen) atoms. The number of nitrogens with zero attached hydrogens (tertiary/aromatic N) is 1. The maximum absolute atomic E-state index is 12.7. The summed E-state index contributed by atoms with van der Waals surface area (Å²) in [5, 5.41) is 3.15. The number of esters is 1. The summed E-state index contributed by atoms with van der Waals surface area (Å²) >= 11 is 5.89. The molecular weight excluding hydrogens is 394 g/mol. The Balaban J connectivity index is 1.76. The van der Waals surface area contributed by atoms with Gasteiger partial charge in [0.05, 0.1) is 38.2 Å². The zero-order valence-electron chi connectivity index (χ0n) is 15.2. The number of methoxy groups -OCH3 is 1. The monoisotopic (exact) mass is 418 g/mol. The average Bonchev–Trinajstić information content (AvgIpc) is 2.65. The fourth-order valence-electron chi connectivity index (χ4n) is 2.85. The van der Waals surface area contributed by atoms with Gasteiger partial charge in [-0.15, -0.1) is 0 Å². The molecule has 1 aromatic rings. The molecule has 2 N–H and O–H groups in total. The van der Waals surface area contributed by atoms with Crippen LogP contribution in [0.15, 0.2) is 29.2 Å². The molecule has 0 spiro atoms. The number of hydrogen-bond acceptors (Lipinski definition) is 5. The second-order valence-electron chi connectivity index (χ2n) is 6.32. The molecular formula is C17H25ClN3O5S+. The van der Waals surface area contributed by atoms with Crippen LogP contribution in [0, 0.1) is 0 Å². The van der Waals surface area contributed by atoms with Crippen LogP contribution >= 0.6 is 11.6 Å². The molecule has 0 aliphatic carbocycles. The van der Waals surface area contributed by atoms with Crippen molar-refractivity contribution in [3.63, 3.8) is 0 Å². The Hall–Kier alpha value is -1.68. The molecule has 1 aromatic carbocycles. The van der Waals surface area contributed by atoms with E-state index < -0.39 is 10.0 Å². The molecule has 0 unspecified atom stereocenters. The first-order chi connectivity index (χ1) is 12.8. The molecule has 1 aliphatic rings. The summed E-state index contributed by atoms with van der Waals surface area (Å²) in [5.74, 6) is -0.409. The maximum Gasteiger partial charge on any atom is 0.305 e. The normalized spacial score (nSPS) is 16.1. The zero-order chi connectivity index (χ0) is 19.9. The first-order valence-electron chi connectivity index (χ1n) is 8.75. The average molecular weight is 419 g/mol. The molecule has 8 nitrogen and oxygen atoms in total. The van der Waals surface area contributed by atoms with E-state index in [1.165, 1.54) is 23.5 Å². The fourth-order valence-corrected chi connectivity index (χ4v) is 4.59. The van der Waals surface area contributed by atoms with Crippen LogP contribution in [0.2, 0.25) is 5.02 Å². The van der Waals surface area contributed by atoms with Crippen LogP contribution in [0.3, 0.4) is 0 Å². The van der Waals surface area contributed by atoms with E-state index in [2.05, 4.69) is 10.1 Å². The third-order valence-corrected chi connectivity index (χ3v) is 6.51. The van der Waals surface area contributed by atoms with Gasteiger partial charge in [0.25, 0.3) is 5.91 Å². The smallest absolute Gasteiger partial charge is 0.305 e. The molecule has 1 aliphatic heterocycles. The lowest BCUT2D eigenvalue weighted by molar-refractivity contribution is -0.895.